The largest absolute Gasteiger partial charge is 0.359 e. The fraction of sp³-hybridized carbons (Fsp3) is 0.353. The summed E-state index contributed by atoms with van der Waals surface area (Å²) in [5.74, 6) is 1.22. The molecule has 4 nitrogen and oxygen atoms in total. The maximum Gasteiger partial charge on any atom is 0.288 e. The van der Waals surface area contributed by atoms with Crippen molar-refractivity contribution in [1.82, 2.24) is 9.47 Å². The van der Waals surface area contributed by atoms with Gasteiger partial charge in [-0.3, -0.25) is 0 Å². The molecule has 0 radical (unpaired) electrons. The molecule has 1 aliphatic rings. The highest BCUT2D eigenvalue weighted by Gasteiger charge is 2.24. The predicted octanol–water partition coefficient (Wildman–Crippen LogP) is 2.39. The number of anilines is 1. The average Bonchev–Trinajstić information content (AvgIpc) is 2.96. The third-order valence-corrected chi connectivity index (χ3v) is 4.46. The van der Waals surface area contributed by atoms with Crippen molar-refractivity contribution in [3.8, 4) is 11.4 Å². The number of nitrogens with zero attached hydrogens (tertiary/aromatic N) is 4. The SMILES string of the molecule is Cc1c(-c2n(C)cc[n+]2C)cccc1N1C=CN(C)[C@@H]1C. The van der Waals surface area contributed by atoms with Crippen molar-refractivity contribution < 1.29 is 4.57 Å². The van der Waals surface area contributed by atoms with Gasteiger partial charge in [0.05, 0.1) is 19.7 Å². The number of aromatic nitrogens is 2. The Morgan fingerprint density at radius 2 is 1.90 bits per heavy atom. The molecule has 0 aliphatic carbocycles. The molecule has 0 amide bonds. The molecule has 0 saturated heterocycles. The third kappa shape index (κ3) is 2.11. The molecule has 0 spiro atoms. The molecule has 0 saturated carbocycles. The monoisotopic (exact) mass is 283 g/mol. The van der Waals surface area contributed by atoms with Gasteiger partial charge >= 0.3 is 0 Å². The number of hydrogen-bond donors (Lipinski definition) is 0. The van der Waals surface area contributed by atoms with Crippen LogP contribution >= 0.6 is 0 Å². The minimum Gasteiger partial charge on any atom is -0.359 e. The molecule has 1 aliphatic heterocycles. The van der Waals surface area contributed by atoms with Crippen molar-refractivity contribution in [3.63, 3.8) is 0 Å². The molecular weight excluding hydrogens is 260 g/mol. The summed E-state index contributed by atoms with van der Waals surface area (Å²) in [5.41, 5.74) is 3.85. The predicted molar refractivity (Wildman–Crippen MR) is 85.6 cm³/mol. The average molecular weight is 283 g/mol. The normalized spacial score (nSPS) is 17.9. The van der Waals surface area contributed by atoms with Crippen molar-refractivity contribution >= 4 is 5.69 Å². The second-order valence-corrected chi connectivity index (χ2v) is 5.80. The van der Waals surface area contributed by atoms with Gasteiger partial charge in [-0.15, -0.1) is 0 Å². The van der Waals surface area contributed by atoms with E-state index in [2.05, 4.69) is 96.9 Å². The first kappa shape index (κ1) is 13.7. The molecule has 0 bridgehead atoms. The molecule has 0 unspecified atom stereocenters. The van der Waals surface area contributed by atoms with Crippen molar-refractivity contribution in [2.75, 3.05) is 11.9 Å². The summed E-state index contributed by atoms with van der Waals surface area (Å²) >= 11 is 0. The van der Waals surface area contributed by atoms with E-state index in [1.807, 2.05) is 0 Å². The number of benzene rings is 1. The van der Waals surface area contributed by atoms with Gasteiger partial charge in [-0.2, -0.15) is 0 Å². The Labute approximate surface area is 126 Å². The van der Waals surface area contributed by atoms with Gasteiger partial charge in [0.15, 0.2) is 0 Å². The van der Waals surface area contributed by atoms with Gasteiger partial charge in [0.1, 0.15) is 18.6 Å². The van der Waals surface area contributed by atoms with E-state index in [4.69, 9.17) is 0 Å². The van der Waals surface area contributed by atoms with Gasteiger partial charge in [-0.1, -0.05) is 6.07 Å². The van der Waals surface area contributed by atoms with Crippen LogP contribution in [0.25, 0.3) is 11.4 Å². The number of hydrogen-bond acceptors (Lipinski definition) is 2. The second kappa shape index (κ2) is 4.95. The summed E-state index contributed by atoms with van der Waals surface area (Å²) in [7, 11) is 6.29. The molecule has 1 aromatic carbocycles. The standard InChI is InChI=1S/C17H23N4/c1-13-15(17-19(4)9-10-20(17)5)7-6-8-16(13)21-12-11-18(3)14(21)2/h6-12,14H,1-5H3/q+1/t14-/m0/s1. The van der Waals surface area contributed by atoms with Crippen LogP contribution in [-0.2, 0) is 14.1 Å². The Balaban J connectivity index is 2.11. The van der Waals surface area contributed by atoms with E-state index in [0.717, 1.165) is 0 Å². The van der Waals surface area contributed by atoms with Crippen LogP contribution in [0.2, 0.25) is 0 Å². The van der Waals surface area contributed by atoms with Crippen LogP contribution in [0.15, 0.2) is 43.0 Å². The Hall–Kier alpha value is -2.23. The summed E-state index contributed by atoms with van der Waals surface area (Å²) in [6.45, 7) is 4.42. The first-order valence-electron chi connectivity index (χ1n) is 7.30. The van der Waals surface area contributed by atoms with Crippen LogP contribution in [0.1, 0.15) is 12.5 Å². The molecule has 2 heterocycles. The van der Waals surface area contributed by atoms with E-state index in [9.17, 15) is 0 Å². The zero-order valence-electron chi connectivity index (χ0n) is 13.4. The van der Waals surface area contributed by atoms with Gasteiger partial charge in [0.2, 0.25) is 0 Å². The van der Waals surface area contributed by atoms with Crippen LogP contribution in [0, 0.1) is 6.92 Å². The summed E-state index contributed by atoms with van der Waals surface area (Å²) in [5, 5.41) is 0. The van der Waals surface area contributed by atoms with E-state index < -0.39 is 0 Å². The highest BCUT2D eigenvalue weighted by atomic mass is 15.4. The highest BCUT2D eigenvalue weighted by molar-refractivity contribution is 5.70. The second-order valence-electron chi connectivity index (χ2n) is 5.80. The smallest absolute Gasteiger partial charge is 0.288 e. The van der Waals surface area contributed by atoms with Gasteiger partial charge < -0.3 is 9.80 Å². The molecule has 4 heteroatoms. The van der Waals surface area contributed by atoms with E-state index >= 15 is 0 Å². The molecule has 3 rings (SSSR count). The molecule has 1 atom stereocenters. The van der Waals surface area contributed by atoms with E-state index in [1.54, 1.807) is 0 Å². The molecule has 21 heavy (non-hydrogen) atoms. The Kier molecular flexibility index (Phi) is 3.24. The van der Waals surface area contributed by atoms with Crippen molar-refractivity contribution in [1.29, 1.82) is 0 Å². The summed E-state index contributed by atoms with van der Waals surface area (Å²) < 4.78 is 4.34. The Morgan fingerprint density at radius 1 is 1.14 bits per heavy atom. The first-order chi connectivity index (χ1) is 10.0. The maximum absolute atomic E-state index is 2.32. The van der Waals surface area contributed by atoms with Gasteiger partial charge in [0.25, 0.3) is 5.82 Å². The Bertz CT molecular complexity index is 679. The molecular formula is C17H23N4+. The quantitative estimate of drug-likeness (QED) is 0.786. The fourth-order valence-electron chi connectivity index (χ4n) is 3.02. The number of aryl methyl sites for hydroxylation is 2. The minimum absolute atomic E-state index is 0.348. The zero-order valence-corrected chi connectivity index (χ0v) is 13.4. The molecule has 1 aromatic heterocycles. The molecule has 0 N–H and O–H groups in total. The van der Waals surface area contributed by atoms with Crippen molar-refractivity contribution in [3.05, 3.63) is 48.6 Å². The first-order valence-corrected chi connectivity index (χ1v) is 7.30. The fourth-order valence-corrected chi connectivity index (χ4v) is 3.02. The van der Waals surface area contributed by atoms with Crippen LogP contribution < -0.4 is 9.47 Å². The van der Waals surface area contributed by atoms with E-state index in [-0.39, 0.29) is 0 Å². The van der Waals surface area contributed by atoms with Gasteiger partial charge in [-0.25, -0.2) is 9.13 Å². The lowest BCUT2D eigenvalue weighted by molar-refractivity contribution is -0.659. The molecule has 2 aromatic rings. The van der Waals surface area contributed by atoms with Crippen LogP contribution in [0.3, 0.4) is 0 Å². The summed E-state index contributed by atoms with van der Waals surface area (Å²) in [4.78, 5) is 4.54. The zero-order chi connectivity index (χ0) is 15.1. The van der Waals surface area contributed by atoms with Gasteiger partial charge in [-0.05, 0) is 31.5 Å². The van der Waals surface area contributed by atoms with E-state index in [0.29, 0.717) is 6.17 Å². The molecule has 110 valence electrons. The van der Waals surface area contributed by atoms with Crippen molar-refractivity contribution in [2.24, 2.45) is 14.1 Å². The summed E-state index contributed by atoms with van der Waals surface area (Å²) in [6.07, 6.45) is 8.81. The number of imidazole rings is 1. The molecule has 0 fully saturated rings. The highest BCUT2D eigenvalue weighted by Crippen LogP contribution is 2.32. The lowest BCUT2D eigenvalue weighted by Crippen LogP contribution is -2.34. The van der Waals surface area contributed by atoms with Gasteiger partial charge in [0, 0.05) is 25.1 Å². The van der Waals surface area contributed by atoms with Crippen molar-refractivity contribution in [2.45, 2.75) is 20.0 Å². The minimum atomic E-state index is 0.348. The number of rotatable bonds is 2. The van der Waals surface area contributed by atoms with Crippen LogP contribution in [0.5, 0.6) is 0 Å². The summed E-state index contributed by atoms with van der Waals surface area (Å²) in [6, 6.07) is 6.54. The van der Waals surface area contributed by atoms with Crippen LogP contribution in [0.4, 0.5) is 5.69 Å². The Morgan fingerprint density at radius 3 is 2.48 bits per heavy atom. The lowest BCUT2D eigenvalue weighted by Gasteiger charge is -2.28. The van der Waals surface area contributed by atoms with Crippen LogP contribution in [-0.4, -0.2) is 22.7 Å². The van der Waals surface area contributed by atoms with E-state index in [1.165, 1.54) is 22.6 Å². The topological polar surface area (TPSA) is 15.3 Å². The third-order valence-electron chi connectivity index (χ3n) is 4.46. The lowest BCUT2D eigenvalue weighted by atomic mass is 10.0. The maximum atomic E-state index is 2.32.